The van der Waals surface area contributed by atoms with Gasteiger partial charge < -0.3 is 4.90 Å². The van der Waals surface area contributed by atoms with Crippen molar-refractivity contribution < 1.29 is 0 Å². The molecule has 0 N–H and O–H groups in total. The van der Waals surface area contributed by atoms with Gasteiger partial charge in [-0.15, -0.1) is 0 Å². The Bertz CT molecular complexity index is 2510. The highest BCUT2D eigenvalue weighted by Crippen LogP contribution is 2.46. The first-order valence-corrected chi connectivity index (χ1v) is 16.7. The van der Waals surface area contributed by atoms with Gasteiger partial charge >= 0.3 is 0 Å². The van der Waals surface area contributed by atoms with Gasteiger partial charge in [0.1, 0.15) is 11.6 Å². The van der Waals surface area contributed by atoms with E-state index in [0.29, 0.717) is 0 Å². The maximum absolute atomic E-state index is 5.26. The van der Waals surface area contributed by atoms with Gasteiger partial charge in [-0.1, -0.05) is 72.8 Å². The Kier molecular flexibility index (Phi) is 6.42. The molecule has 0 atom stereocenters. The maximum atomic E-state index is 5.26. The third-order valence-electron chi connectivity index (χ3n) is 9.48. The molecule has 0 aliphatic carbocycles. The predicted molar refractivity (Wildman–Crippen MR) is 200 cm³/mol. The molecule has 9 aromatic rings. The minimum atomic E-state index is 0.824. The molecule has 0 saturated carbocycles. The minimum Gasteiger partial charge on any atom is -0.310 e. The number of pyridine rings is 2. The van der Waals surface area contributed by atoms with Gasteiger partial charge in [0.05, 0.1) is 34.5 Å². The van der Waals surface area contributed by atoms with Crippen LogP contribution in [0.2, 0.25) is 0 Å². The van der Waals surface area contributed by atoms with E-state index in [2.05, 4.69) is 139 Å². The van der Waals surface area contributed by atoms with Crippen molar-refractivity contribution in [3.63, 3.8) is 0 Å². The van der Waals surface area contributed by atoms with Gasteiger partial charge in [-0.25, -0.2) is 9.97 Å². The number of fused-ring (bicyclic) bond motifs is 4. The summed E-state index contributed by atoms with van der Waals surface area (Å²) in [6.45, 7) is 0. The van der Waals surface area contributed by atoms with Crippen LogP contribution in [-0.4, -0.2) is 29.1 Å². The van der Waals surface area contributed by atoms with Crippen molar-refractivity contribution in [3.8, 4) is 34.2 Å². The van der Waals surface area contributed by atoms with Crippen molar-refractivity contribution in [1.82, 2.24) is 29.1 Å². The molecule has 0 amide bonds. The first kappa shape index (κ1) is 28.2. The van der Waals surface area contributed by atoms with Crippen LogP contribution in [-0.2, 0) is 6.42 Å². The van der Waals surface area contributed by atoms with Crippen LogP contribution >= 0.6 is 0 Å². The lowest BCUT2D eigenvalue weighted by Gasteiger charge is -2.34. The summed E-state index contributed by atoms with van der Waals surface area (Å²) < 4.78 is 4.40. The van der Waals surface area contributed by atoms with Crippen molar-refractivity contribution >= 4 is 39.1 Å². The highest BCUT2D eigenvalue weighted by atomic mass is 15.2. The molecule has 7 heteroatoms. The molecule has 5 heterocycles. The average Bonchev–Trinajstić information content (AvgIpc) is 3.77. The van der Waals surface area contributed by atoms with E-state index in [1.54, 1.807) is 12.4 Å². The summed E-state index contributed by atoms with van der Waals surface area (Å²) in [5, 5.41) is 0. The zero-order valence-corrected chi connectivity index (χ0v) is 26.9. The Morgan fingerprint density at radius 1 is 0.440 bits per heavy atom. The third kappa shape index (κ3) is 4.52. The van der Waals surface area contributed by atoms with Gasteiger partial charge in [-0.2, -0.15) is 0 Å². The van der Waals surface area contributed by atoms with Gasteiger partial charge in [0, 0.05) is 58.4 Å². The van der Waals surface area contributed by atoms with Crippen molar-refractivity contribution in [2.75, 3.05) is 4.90 Å². The van der Waals surface area contributed by atoms with Gasteiger partial charge in [0.25, 0.3) is 0 Å². The fourth-order valence-corrected chi connectivity index (χ4v) is 7.28. The van der Waals surface area contributed by atoms with Crippen LogP contribution in [0.1, 0.15) is 11.1 Å². The number of nitrogens with zero attached hydrogens (tertiary/aromatic N) is 7. The summed E-state index contributed by atoms with van der Waals surface area (Å²) in [5.74, 6) is 1.65. The molecule has 236 valence electrons. The number of hydrogen-bond acceptors (Lipinski definition) is 5. The van der Waals surface area contributed by atoms with Crippen LogP contribution < -0.4 is 4.90 Å². The smallest absolute Gasteiger partial charge is 0.145 e. The van der Waals surface area contributed by atoms with Crippen LogP contribution in [0.5, 0.6) is 0 Å². The first-order chi connectivity index (χ1) is 24.8. The van der Waals surface area contributed by atoms with Gasteiger partial charge in [-0.3, -0.25) is 19.1 Å². The van der Waals surface area contributed by atoms with E-state index in [0.717, 1.165) is 79.7 Å². The number of para-hydroxylation sites is 4. The quantitative estimate of drug-likeness (QED) is 0.187. The molecular formula is C43H29N7. The highest BCUT2D eigenvalue weighted by molar-refractivity contribution is 5.91. The lowest BCUT2D eigenvalue weighted by Crippen LogP contribution is -2.18. The van der Waals surface area contributed by atoms with E-state index >= 15 is 0 Å². The Balaban J connectivity index is 1.30. The fraction of sp³-hybridized carbons (Fsp3) is 0.0233. The predicted octanol–water partition coefficient (Wildman–Crippen LogP) is 9.86. The molecular weight excluding hydrogens is 615 g/mol. The number of imidazole rings is 2. The maximum Gasteiger partial charge on any atom is 0.145 e. The molecule has 5 aromatic carbocycles. The molecule has 10 rings (SSSR count). The summed E-state index contributed by atoms with van der Waals surface area (Å²) in [5.41, 5.74) is 13.5. The minimum absolute atomic E-state index is 0.824. The van der Waals surface area contributed by atoms with E-state index in [1.165, 1.54) is 11.1 Å². The summed E-state index contributed by atoms with van der Waals surface area (Å²) in [7, 11) is 0. The molecule has 0 saturated heterocycles. The summed E-state index contributed by atoms with van der Waals surface area (Å²) in [4.78, 5) is 21.9. The monoisotopic (exact) mass is 643 g/mol. The number of aromatic nitrogens is 6. The molecule has 1 aliphatic rings. The summed E-state index contributed by atoms with van der Waals surface area (Å²) in [6, 6.07) is 48.8. The first-order valence-electron chi connectivity index (χ1n) is 16.7. The zero-order valence-electron chi connectivity index (χ0n) is 26.9. The Labute approximate surface area is 288 Å². The molecule has 0 unspecified atom stereocenters. The van der Waals surface area contributed by atoms with E-state index in [9.17, 15) is 0 Å². The van der Waals surface area contributed by atoms with Gasteiger partial charge in [-0.05, 0) is 77.9 Å². The SMILES string of the molecule is c1ccc(-n2c(-c3cc(-c4nc5ccncc5n4-c4ccccc4)cc(N4c5ccccc5Cc5ccccc54)c3)nc3ccncc32)cc1. The number of anilines is 3. The second-order valence-corrected chi connectivity index (χ2v) is 12.5. The van der Waals surface area contributed by atoms with Crippen molar-refractivity contribution in [3.05, 3.63) is 175 Å². The van der Waals surface area contributed by atoms with Crippen LogP contribution in [0.25, 0.3) is 56.2 Å². The van der Waals surface area contributed by atoms with Crippen molar-refractivity contribution in [2.24, 2.45) is 0 Å². The van der Waals surface area contributed by atoms with Crippen LogP contribution in [0, 0.1) is 0 Å². The molecule has 0 spiro atoms. The van der Waals surface area contributed by atoms with Crippen LogP contribution in [0.3, 0.4) is 0 Å². The van der Waals surface area contributed by atoms with E-state index in [4.69, 9.17) is 9.97 Å². The normalized spacial score (nSPS) is 12.3. The summed E-state index contributed by atoms with van der Waals surface area (Å²) >= 11 is 0. The molecule has 50 heavy (non-hydrogen) atoms. The molecule has 0 fully saturated rings. The second kappa shape index (κ2) is 11.4. The molecule has 7 nitrogen and oxygen atoms in total. The van der Waals surface area contributed by atoms with Gasteiger partial charge in [0.15, 0.2) is 0 Å². The Morgan fingerprint density at radius 2 is 0.900 bits per heavy atom. The summed E-state index contributed by atoms with van der Waals surface area (Å²) in [6.07, 6.45) is 8.26. The van der Waals surface area contributed by atoms with Crippen LogP contribution in [0.4, 0.5) is 17.1 Å². The third-order valence-corrected chi connectivity index (χ3v) is 9.48. The lowest BCUT2D eigenvalue weighted by molar-refractivity contribution is 1.07. The molecule has 0 radical (unpaired) electrons. The largest absolute Gasteiger partial charge is 0.310 e. The van der Waals surface area contributed by atoms with E-state index in [-0.39, 0.29) is 0 Å². The van der Waals surface area contributed by atoms with Crippen LogP contribution in [0.15, 0.2) is 164 Å². The van der Waals surface area contributed by atoms with Gasteiger partial charge in [0.2, 0.25) is 0 Å². The lowest BCUT2D eigenvalue weighted by atomic mass is 9.94. The van der Waals surface area contributed by atoms with Crippen molar-refractivity contribution in [2.45, 2.75) is 6.42 Å². The zero-order chi connectivity index (χ0) is 33.0. The standard InChI is InChI=1S/C43H29N7/c1-3-13-33(14-4-1)49-40-27-44-21-19-36(40)46-42(49)31-24-32(43-47-37-20-22-45-28-41(37)50(43)34-15-5-2-6-16-34)26-35(25-31)48-38-17-9-7-11-29(38)23-30-12-8-10-18-39(30)48/h1-22,24-28H,23H2. The highest BCUT2D eigenvalue weighted by Gasteiger charge is 2.26. The number of hydrogen-bond donors (Lipinski definition) is 0. The molecule has 4 aromatic heterocycles. The Morgan fingerprint density at radius 3 is 1.40 bits per heavy atom. The average molecular weight is 644 g/mol. The topological polar surface area (TPSA) is 64.7 Å². The van der Waals surface area contributed by atoms with Crippen molar-refractivity contribution in [1.29, 1.82) is 0 Å². The number of benzene rings is 5. The Hall–Kier alpha value is -6.86. The second-order valence-electron chi connectivity index (χ2n) is 12.5. The number of rotatable bonds is 5. The van der Waals surface area contributed by atoms with E-state index < -0.39 is 0 Å². The fourth-order valence-electron chi connectivity index (χ4n) is 7.28. The molecule has 1 aliphatic heterocycles. The van der Waals surface area contributed by atoms with E-state index in [1.807, 2.05) is 36.7 Å². The molecule has 0 bridgehead atoms.